The second-order valence-corrected chi connectivity index (χ2v) is 7.28. The van der Waals surface area contributed by atoms with Gasteiger partial charge in [0.1, 0.15) is 0 Å². The molecule has 1 fully saturated rings. The molecule has 0 N–H and O–H groups in total. The maximum atomic E-state index is 11.0. The zero-order chi connectivity index (χ0) is 17.2. The Hall–Kier alpha value is -0.710. The van der Waals surface area contributed by atoms with Crippen LogP contribution in [0.1, 0.15) is 52.5 Å². The molecule has 0 aliphatic carbocycles. The molecule has 1 aromatic rings. The van der Waals surface area contributed by atoms with Crippen LogP contribution in [0.15, 0.2) is 29.2 Å². The second kappa shape index (κ2) is 11.0. The zero-order valence-electron chi connectivity index (χ0n) is 15.1. The van der Waals surface area contributed by atoms with E-state index in [0.717, 1.165) is 24.4 Å². The Morgan fingerprint density at radius 2 is 1.96 bits per heavy atom. The predicted molar refractivity (Wildman–Crippen MR) is 97.3 cm³/mol. The Balaban J connectivity index is 0.00000127. The summed E-state index contributed by atoms with van der Waals surface area (Å²) in [6.45, 7) is 12.1. The number of likely N-dealkylation sites (tertiary alicyclic amines) is 1. The number of hydrogen-bond acceptors (Lipinski definition) is 3. The molecule has 2 rings (SSSR count). The van der Waals surface area contributed by atoms with E-state index in [1.54, 1.807) is 12.1 Å². The summed E-state index contributed by atoms with van der Waals surface area (Å²) in [5.74, 6) is 1.47. The van der Waals surface area contributed by atoms with Gasteiger partial charge in [-0.15, -0.1) is 0 Å². The third-order valence-electron chi connectivity index (χ3n) is 4.53. The van der Waals surface area contributed by atoms with Crippen LogP contribution in [0, 0.1) is 11.8 Å². The van der Waals surface area contributed by atoms with Gasteiger partial charge in [0.2, 0.25) is 0 Å². The Labute approximate surface area is 144 Å². The quantitative estimate of drug-likeness (QED) is 0.728. The van der Waals surface area contributed by atoms with Gasteiger partial charge in [-0.05, 0) is 73.0 Å². The Morgan fingerprint density at radius 3 is 2.52 bits per heavy atom. The smallest absolute Gasteiger partial charge is 0.0251 e. The fourth-order valence-corrected chi connectivity index (χ4v) is 3.70. The van der Waals surface area contributed by atoms with E-state index in [4.69, 9.17) is 0 Å². The molecule has 1 aliphatic heterocycles. The summed E-state index contributed by atoms with van der Waals surface area (Å²) in [6.07, 6.45) is 4.91. The Kier molecular flexibility index (Phi) is 9.68. The van der Waals surface area contributed by atoms with Crippen molar-refractivity contribution in [3.8, 4) is 0 Å². The fourth-order valence-electron chi connectivity index (χ4n) is 3.26. The lowest BCUT2D eigenvalue weighted by Gasteiger charge is -2.33. The molecule has 0 spiro atoms. The average Bonchev–Trinajstić information content (AvgIpc) is 2.57. The highest BCUT2D eigenvalue weighted by atomic mass is 32.2. The van der Waals surface area contributed by atoms with Crippen molar-refractivity contribution in [2.75, 3.05) is 19.6 Å². The van der Waals surface area contributed by atoms with Gasteiger partial charge in [-0.2, -0.15) is 0 Å². The molecular weight excluding hydrogens is 306 g/mol. The molecule has 2 atom stereocenters. The molecule has 0 amide bonds. The van der Waals surface area contributed by atoms with Crippen LogP contribution in [0.3, 0.4) is 0 Å². The van der Waals surface area contributed by atoms with Crippen molar-refractivity contribution in [3.05, 3.63) is 29.8 Å². The van der Waals surface area contributed by atoms with Gasteiger partial charge in [0.25, 0.3) is 0 Å². The van der Waals surface area contributed by atoms with Crippen LogP contribution < -0.4 is 0 Å². The van der Waals surface area contributed by atoms with E-state index in [2.05, 4.69) is 18.7 Å². The monoisotopic (exact) mass is 338 g/mol. The second-order valence-electron chi connectivity index (χ2n) is 6.34. The first-order chi connectivity index (χ1) is 11.1. The van der Waals surface area contributed by atoms with Crippen molar-refractivity contribution < 1.29 is 8.76 Å². The van der Waals surface area contributed by atoms with Crippen molar-refractivity contribution in [2.45, 2.75) is 58.3 Å². The minimum Gasteiger partial charge on any atom is -0.768 e. The van der Waals surface area contributed by atoms with Gasteiger partial charge in [0, 0.05) is 11.4 Å². The van der Waals surface area contributed by atoms with Crippen molar-refractivity contribution in [2.24, 2.45) is 11.8 Å². The molecule has 3 nitrogen and oxygen atoms in total. The number of hydrogen-bond donors (Lipinski definition) is 0. The predicted octanol–water partition coefficient (Wildman–Crippen LogP) is 4.25. The molecule has 4 heteroatoms. The highest BCUT2D eigenvalue weighted by molar-refractivity contribution is 7.79. The van der Waals surface area contributed by atoms with Crippen molar-refractivity contribution >= 4 is 11.1 Å². The van der Waals surface area contributed by atoms with Crippen LogP contribution in [-0.4, -0.2) is 33.3 Å². The maximum Gasteiger partial charge on any atom is 0.0251 e. The standard InChI is InChI=1S/C17H27NO2S.C2H6/c1-3-15-7-9-18(10-8-15)13-14(2)11-16-5-4-6-17(12-16)21(19)20;1-2/h4-6,12,14-15H,3,7-11,13H2,1-2H3,(H,19,20);1-2H3/p-1. The normalized spacial score (nSPS) is 18.8. The minimum absolute atomic E-state index is 0.392. The van der Waals surface area contributed by atoms with E-state index in [0.29, 0.717) is 10.8 Å². The maximum absolute atomic E-state index is 11.0. The third kappa shape index (κ3) is 7.15. The summed E-state index contributed by atoms with van der Waals surface area (Å²) in [4.78, 5) is 2.95. The average molecular weight is 339 g/mol. The highest BCUT2D eigenvalue weighted by Gasteiger charge is 2.19. The van der Waals surface area contributed by atoms with Crippen molar-refractivity contribution in [1.82, 2.24) is 4.90 Å². The molecule has 1 aromatic carbocycles. The lowest BCUT2D eigenvalue weighted by molar-refractivity contribution is 0.162. The van der Waals surface area contributed by atoms with E-state index in [-0.39, 0.29) is 0 Å². The van der Waals surface area contributed by atoms with E-state index in [1.807, 2.05) is 26.0 Å². The van der Waals surface area contributed by atoms with Gasteiger partial charge in [0.05, 0.1) is 0 Å². The Morgan fingerprint density at radius 1 is 1.30 bits per heavy atom. The number of nitrogens with zero attached hydrogens (tertiary/aromatic N) is 1. The van der Waals surface area contributed by atoms with Crippen LogP contribution in [0.2, 0.25) is 0 Å². The van der Waals surface area contributed by atoms with Gasteiger partial charge in [0.15, 0.2) is 0 Å². The van der Waals surface area contributed by atoms with Crippen LogP contribution >= 0.6 is 0 Å². The molecule has 0 saturated carbocycles. The fraction of sp³-hybridized carbons (Fsp3) is 0.684. The largest absolute Gasteiger partial charge is 0.768 e. The molecular formula is C19H32NO2S-. The molecule has 1 aliphatic rings. The molecule has 1 heterocycles. The van der Waals surface area contributed by atoms with Crippen molar-refractivity contribution in [3.63, 3.8) is 0 Å². The lowest BCUT2D eigenvalue weighted by atomic mass is 9.93. The molecule has 2 unspecified atom stereocenters. The first kappa shape index (κ1) is 20.3. The first-order valence-corrected chi connectivity index (χ1v) is 10.1. The van der Waals surface area contributed by atoms with Crippen molar-refractivity contribution in [1.29, 1.82) is 0 Å². The van der Waals surface area contributed by atoms with Crippen LogP contribution in [0.4, 0.5) is 0 Å². The van der Waals surface area contributed by atoms with E-state index in [1.165, 1.54) is 32.4 Å². The summed E-state index contributed by atoms with van der Waals surface area (Å²) < 4.78 is 22.0. The molecule has 0 aromatic heterocycles. The Bertz CT molecular complexity index is 470. The zero-order valence-corrected chi connectivity index (χ0v) is 15.9. The molecule has 0 bridgehead atoms. The van der Waals surface area contributed by atoms with E-state index < -0.39 is 11.1 Å². The summed E-state index contributed by atoms with van der Waals surface area (Å²) in [5.41, 5.74) is 1.12. The van der Waals surface area contributed by atoms with Gasteiger partial charge < -0.3 is 9.45 Å². The van der Waals surface area contributed by atoms with Gasteiger partial charge in [-0.25, -0.2) is 0 Å². The SMILES string of the molecule is CC.CCC1CCN(CC(C)Cc2cccc(S(=O)[O-])c2)CC1. The van der Waals surface area contributed by atoms with Gasteiger partial charge >= 0.3 is 0 Å². The number of piperidine rings is 1. The summed E-state index contributed by atoms with van der Waals surface area (Å²) >= 11 is -2.13. The van der Waals surface area contributed by atoms with Gasteiger partial charge in [-0.3, -0.25) is 4.21 Å². The van der Waals surface area contributed by atoms with Crippen LogP contribution in [0.5, 0.6) is 0 Å². The summed E-state index contributed by atoms with van der Waals surface area (Å²) in [7, 11) is 0. The summed E-state index contributed by atoms with van der Waals surface area (Å²) in [6, 6.07) is 7.30. The third-order valence-corrected chi connectivity index (χ3v) is 5.17. The molecule has 0 radical (unpaired) electrons. The number of benzene rings is 1. The topological polar surface area (TPSA) is 43.4 Å². The molecule has 23 heavy (non-hydrogen) atoms. The molecule has 1 saturated heterocycles. The summed E-state index contributed by atoms with van der Waals surface area (Å²) in [5, 5.41) is 0. The number of rotatable bonds is 6. The first-order valence-electron chi connectivity index (χ1n) is 8.99. The highest BCUT2D eigenvalue weighted by Crippen LogP contribution is 2.21. The lowest BCUT2D eigenvalue weighted by Crippen LogP contribution is -2.36. The van der Waals surface area contributed by atoms with Gasteiger partial charge in [-0.1, -0.05) is 46.2 Å². The van der Waals surface area contributed by atoms with Crippen LogP contribution in [0.25, 0.3) is 0 Å². The van der Waals surface area contributed by atoms with Crippen LogP contribution in [-0.2, 0) is 17.5 Å². The molecule has 132 valence electrons. The minimum atomic E-state index is -2.13. The van der Waals surface area contributed by atoms with E-state index in [9.17, 15) is 8.76 Å². The van der Waals surface area contributed by atoms with E-state index >= 15 is 0 Å².